The minimum absolute atomic E-state index is 0.121. The molecule has 5 rings (SSSR count). The number of benzene rings is 2. The van der Waals surface area contributed by atoms with Crippen molar-refractivity contribution in [2.45, 2.75) is 44.5 Å². The Labute approximate surface area is 206 Å². The summed E-state index contributed by atoms with van der Waals surface area (Å²) in [4.78, 5) is 26.9. The third-order valence-corrected chi connectivity index (χ3v) is 6.88. The Morgan fingerprint density at radius 1 is 1.22 bits per heavy atom. The summed E-state index contributed by atoms with van der Waals surface area (Å²) in [5, 5.41) is 5.70. The fourth-order valence-corrected chi connectivity index (χ4v) is 5.05. The van der Waals surface area contributed by atoms with Crippen molar-refractivity contribution in [2.24, 2.45) is 0 Å². The quantitative estimate of drug-likeness (QED) is 0.573. The summed E-state index contributed by atoms with van der Waals surface area (Å²) >= 11 is 0. The Balaban J connectivity index is 1.48. The van der Waals surface area contributed by atoms with E-state index in [1.54, 1.807) is 17.0 Å². The van der Waals surface area contributed by atoms with E-state index in [4.69, 9.17) is 9.47 Å². The van der Waals surface area contributed by atoms with Crippen molar-refractivity contribution < 1.29 is 32.2 Å². The minimum Gasteiger partial charge on any atom is -0.486 e. The third-order valence-electron chi connectivity index (χ3n) is 6.88. The van der Waals surface area contributed by atoms with E-state index in [1.165, 1.54) is 12.1 Å². The van der Waals surface area contributed by atoms with Crippen LogP contribution < -0.4 is 20.3 Å². The van der Waals surface area contributed by atoms with Gasteiger partial charge in [0.1, 0.15) is 11.4 Å². The largest absolute Gasteiger partial charge is 0.486 e. The zero-order valence-electron chi connectivity index (χ0n) is 19.7. The number of nitrogens with one attached hydrogen (secondary N) is 2. The van der Waals surface area contributed by atoms with Gasteiger partial charge in [-0.05, 0) is 36.8 Å². The number of rotatable bonds is 3. The van der Waals surface area contributed by atoms with Crippen LogP contribution >= 0.6 is 0 Å². The Morgan fingerprint density at radius 2 is 2.00 bits per heavy atom. The van der Waals surface area contributed by atoms with Crippen LogP contribution in [-0.2, 0) is 22.3 Å². The molecule has 0 aromatic heterocycles. The SMILES string of the molecule is CCN1C(=O)NCc2c(NC(=O)/C=C3\CC4(CCOCC4)Oc4cc(C(F)(F)F)ccc43)cccc21. The molecule has 0 aliphatic carbocycles. The average Bonchev–Trinajstić information content (AvgIpc) is 2.83. The first kappa shape index (κ1) is 24.2. The molecule has 1 saturated heterocycles. The number of halogens is 3. The van der Waals surface area contributed by atoms with Gasteiger partial charge in [0.25, 0.3) is 0 Å². The number of anilines is 2. The lowest BCUT2D eigenvalue weighted by atomic mass is 9.81. The highest BCUT2D eigenvalue weighted by atomic mass is 19.4. The lowest BCUT2D eigenvalue weighted by Crippen LogP contribution is -2.44. The molecule has 0 bridgehead atoms. The van der Waals surface area contributed by atoms with E-state index in [9.17, 15) is 22.8 Å². The van der Waals surface area contributed by atoms with Crippen LogP contribution in [0.3, 0.4) is 0 Å². The van der Waals surface area contributed by atoms with Gasteiger partial charge in [0.05, 0.1) is 24.5 Å². The van der Waals surface area contributed by atoms with Gasteiger partial charge in [0.2, 0.25) is 5.91 Å². The molecule has 3 aliphatic rings. The Kier molecular flexibility index (Phi) is 6.15. The zero-order valence-corrected chi connectivity index (χ0v) is 19.7. The highest BCUT2D eigenvalue weighted by molar-refractivity contribution is 6.06. The van der Waals surface area contributed by atoms with Gasteiger partial charge >= 0.3 is 12.2 Å². The number of hydrogen-bond acceptors (Lipinski definition) is 4. The first-order chi connectivity index (χ1) is 17.2. The first-order valence-corrected chi connectivity index (χ1v) is 11.9. The molecule has 3 amide bonds. The summed E-state index contributed by atoms with van der Waals surface area (Å²) in [6, 6.07) is 8.53. The van der Waals surface area contributed by atoms with Crippen LogP contribution in [0.4, 0.5) is 29.3 Å². The number of ether oxygens (including phenoxy) is 2. The molecule has 7 nitrogen and oxygen atoms in total. The Morgan fingerprint density at radius 3 is 2.72 bits per heavy atom. The van der Waals surface area contributed by atoms with E-state index in [0.29, 0.717) is 55.8 Å². The Bertz CT molecular complexity index is 1240. The van der Waals surface area contributed by atoms with Gasteiger partial charge in [-0.25, -0.2) is 4.79 Å². The number of carbonyl (C=O) groups excluding carboxylic acids is 2. The van der Waals surface area contributed by atoms with Crippen LogP contribution in [0.15, 0.2) is 42.5 Å². The normalized spacial score (nSPS) is 19.8. The molecule has 10 heteroatoms. The molecule has 3 heterocycles. The van der Waals surface area contributed by atoms with Crippen molar-refractivity contribution in [1.29, 1.82) is 0 Å². The fraction of sp³-hybridized carbons (Fsp3) is 0.385. The maximum atomic E-state index is 13.4. The van der Waals surface area contributed by atoms with Crippen LogP contribution in [0.1, 0.15) is 42.9 Å². The molecular weight excluding hydrogens is 475 g/mol. The molecule has 2 N–H and O–H groups in total. The van der Waals surface area contributed by atoms with Gasteiger partial charge < -0.3 is 20.1 Å². The zero-order chi connectivity index (χ0) is 25.5. The highest BCUT2D eigenvalue weighted by Crippen LogP contribution is 2.46. The maximum Gasteiger partial charge on any atom is 0.416 e. The van der Waals surface area contributed by atoms with Gasteiger partial charge in [-0.3, -0.25) is 9.69 Å². The molecule has 190 valence electrons. The Hall–Kier alpha value is -3.53. The van der Waals surface area contributed by atoms with Crippen LogP contribution in [0.5, 0.6) is 5.75 Å². The topological polar surface area (TPSA) is 79.9 Å². The van der Waals surface area contributed by atoms with Gasteiger partial charge in [-0.1, -0.05) is 12.1 Å². The van der Waals surface area contributed by atoms with E-state index in [2.05, 4.69) is 10.6 Å². The van der Waals surface area contributed by atoms with Crippen molar-refractivity contribution in [3.63, 3.8) is 0 Å². The van der Waals surface area contributed by atoms with E-state index in [0.717, 1.165) is 23.4 Å². The molecule has 2 aromatic carbocycles. The van der Waals surface area contributed by atoms with Crippen LogP contribution in [0, 0.1) is 0 Å². The molecule has 1 spiro atoms. The van der Waals surface area contributed by atoms with Gasteiger partial charge in [0.15, 0.2) is 0 Å². The molecule has 3 aliphatic heterocycles. The molecular formula is C26H26F3N3O4. The summed E-state index contributed by atoms with van der Waals surface area (Å²) in [7, 11) is 0. The smallest absolute Gasteiger partial charge is 0.416 e. The van der Waals surface area contributed by atoms with Crippen molar-refractivity contribution in [3.8, 4) is 5.75 Å². The second-order valence-electron chi connectivity index (χ2n) is 9.15. The van der Waals surface area contributed by atoms with E-state index in [1.807, 2.05) is 13.0 Å². The second-order valence-corrected chi connectivity index (χ2v) is 9.15. The fourth-order valence-electron chi connectivity index (χ4n) is 5.05. The second kappa shape index (κ2) is 9.16. The molecule has 0 saturated carbocycles. The monoisotopic (exact) mass is 501 g/mol. The number of urea groups is 1. The van der Waals surface area contributed by atoms with Crippen molar-refractivity contribution >= 4 is 28.9 Å². The summed E-state index contributed by atoms with van der Waals surface area (Å²) in [6.45, 7) is 3.48. The van der Waals surface area contributed by atoms with E-state index in [-0.39, 0.29) is 18.3 Å². The van der Waals surface area contributed by atoms with E-state index >= 15 is 0 Å². The number of hydrogen-bond donors (Lipinski definition) is 2. The summed E-state index contributed by atoms with van der Waals surface area (Å²) in [5.74, 6) is -0.288. The number of amides is 3. The molecule has 2 aromatic rings. The summed E-state index contributed by atoms with van der Waals surface area (Å²) in [5.41, 5.74) is 1.63. The van der Waals surface area contributed by atoms with Crippen molar-refractivity contribution in [1.82, 2.24) is 5.32 Å². The van der Waals surface area contributed by atoms with Crippen LogP contribution in [0.2, 0.25) is 0 Å². The summed E-state index contributed by atoms with van der Waals surface area (Å²) < 4.78 is 51.7. The average molecular weight is 502 g/mol. The third kappa shape index (κ3) is 4.53. The van der Waals surface area contributed by atoms with Gasteiger partial charge in [-0.15, -0.1) is 0 Å². The van der Waals surface area contributed by atoms with Crippen LogP contribution in [-0.4, -0.2) is 37.3 Å². The number of fused-ring (bicyclic) bond motifs is 2. The number of nitrogens with zero attached hydrogens (tertiary/aromatic N) is 1. The van der Waals surface area contributed by atoms with Crippen molar-refractivity contribution in [2.75, 3.05) is 30.0 Å². The van der Waals surface area contributed by atoms with Crippen LogP contribution in [0.25, 0.3) is 5.57 Å². The first-order valence-electron chi connectivity index (χ1n) is 11.9. The standard InChI is InChI=1S/C26H26F3N3O4/c1-2-32-21-5-3-4-20(19(21)15-30-24(32)34)31-23(33)12-16-14-25(8-10-35-11-9-25)36-22-13-17(26(27,28)29)6-7-18(16)22/h3-7,12-13H,2,8-11,14-15H2,1H3,(H,30,34)(H,31,33)/b16-12+. The lowest BCUT2D eigenvalue weighted by molar-refractivity contribution is -0.138. The molecule has 1 fully saturated rings. The predicted molar refractivity (Wildman–Crippen MR) is 128 cm³/mol. The summed E-state index contributed by atoms with van der Waals surface area (Å²) in [6.07, 6.45) is -1.66. The molecule has 36 heavy (non-hydrogen) atoms. The highest BCUT2D eigenvalue weighted by Gasteiger charge is 2.41. The maximum absolute atomic E-state index is 13.4. The number of carbonyl (C=O) groups is 2. The van der Waals surface area contributed by atoms with Gasteiger partial charge in [-0.2, -0.15) is 13.2 Å². The number of alkyl halides is 3. The lowest BCUT2D eigenvalue weighted by Gasteiger charge is -2.42. The molecule has 0 radical (unpaired) electrons. The molecule has 0 unspecified atom stereocenters. The van der Waals surface area contributed by atoms with E-state index < -0.39 is 23.2 Å². The minimum atomic E-state index is -4.51. The van der Waals surface area contributed by atoms with Crippen molar-refractivity contribution in [3.05, 3.63) is 59.2 Å². The molecule has 0 atom stereocenters. The predicted octanol–water partition coefficient (Wildman–Crippen LogP) is 5.11. The van der Waals surface area contributed by atoms with Gasteiger partial charge in [0, 0.05) is 55.2 Å².